The minimum Gasteiger partial charge on any atom is -0.337 e. The number of nitrogens with one attached hydrogen (secondary N) is 1. The van der Waals surface area contributed by atoms with Gasteiger partial charge in [-0.05, 0) is 18.6 Å². The summed E-state index contributed by atoms with van der Waals surface area (Å²) in [5, 5.41) is 3.14. The maximum Gasteiger partial charge on any atom is 0.270 e. The Balaban J connectivity index is 2.74. The summed E-state index contributed by atoms with van der Waals surface area (Å²) in [5.41, 5.74) is 0.274. The molecule has 1 N–H and O–H groups in total. The van der Waals surface area contributed by atoms with Gasteiger partial charge in [-0.25, -0.2) is 0 Å². The van der Waals surface area contributed by atoms with Crippen molar-refractivity contribution in [1.29, 1.82) is 0 Å². The summed E-state index contributed by atoms with van der Waals surface area (Å²) in [7, 11) is 0. The Kier molecular flexibility index (Phi) is 4.14. The molecule has 0 saturated carbocycles. The van der Waals surface area contributed by atoms with Crippen molar-refractivity contribution in [3.05, 3.63) is 29.0 Å². The smallest absolute Gasteiger partial charge is 0.270 e. The van der Waals surface area contributed by atoms with Crippen LogP contribution in [0, 0.1) is 12.3 Å². The van der Waals surface area contributed by atoms with Gasteiger partial charge in [0.1, 0.15) is 5.69 Å². The summed E-state index contributed by atoms with van der Waals surface area (Å²) in [5.74, 6) is 2.17. The molecular weight excluding hydrogens is 212 g/mol. The van der Waals surface area contributed by atoms with E-state index in [4.69, 9.17) is 18.0 Å². The summed E-state index contributed by atoms with van der Waals surface area (Å²) in [6, 6.07) is 2.84. The number of carbonyl (C=O) groups is 1. The largest absolute Gasteiger partial charge is 0.337 e. The maximum atomic E-state index is 11.6. The molecular formula is C11H11ClN2O. The van der Waals surface area contributed by atoms with Crippen LogP contribution < -0.4 is 5.32 Å². The van der Waals surface area contributed by atoms with Crippen LogP contribution in [-0.2, 0) is 0 Å². The monoisotopic (exact) mass is 222 g/mol. The van der Waals surface area contributed by atoms with Gasteiger partial charge in [-0.3, -0.25) is 9.78 Å². The molecule has 4 heteroatoms. The number of aromatic nitrogens is 1. The highest BCUT2D eigenvalue weighted by atomic mass is 35.5. The van der Waals surface area contributed by atoms with Crippen LogP contribution in [-0.4, -0.2) is 16.9 Å². The van der Waals surface area contributed by atoms with Gasteiger partial charge in [0.15, 0.2) is 0 Å². The minimum absolute atomic E-state index is 0.265. The van der Waals surface area contributed by atoms with Gasteiger partial charge in [0.25, 0.3) is 5.91 Å². The van der Waals surface area contributed by atoms with Crippen molar-refractivity contribution in [2.24, 2.45) is 0 Å². The van der Waals surface area contributed by atoms with Crippen LogP contribution in [0.5, 0.6) is 0 Å². The first-order chi connectivity index (χ1) is 7.17. The fourth-order valence-electron chi connectivity index (χ4n) is 1.02. The molecule has 1 unspecified atom stereocenters. The van der Waals surface area contributed by atoms with Crippen molar-refractivity contribution in [2.45, 2.75) is 19.4 Å². The highest BCUT2D eigenvalue weighted by Crippen LogP contribution is 2.08. The minimum atomic E-state index is -0.303. The molecule has 1 aromatic rings. The first-order valence-electron chi connectivity index (χ1n) is 4.56. The molecule has 0 aliphatic heterocycles. The number of rotatable bonds is 3. The number of pyridine rings is 1. The maximum absolute atomic E-state index is 11.6. The van der Waals surface area contributed by atoms with E-state index in [0.717, 1.165) is 0 Å². The molecule has 0 aliphatic rings. The predicted molar refractivity (Wildman–Crippen MR) is 59.6 cm³/mol. The lowest BCUT2D eigenvalue weighted by molar-refractivity contribution is 0.0940. The number of amides is 1. The van der Waals surface area contributed by atoms with Crippen LogP contribution in [0.3, 0.4) is 0 Å². The van der Waals surface area contributed by atoms with Crippen LogP contribution in [0.25, 0.3) is 0 Å². The molecule has 1 rings (SSSR count). The standard InChI is InChI=1S/C11H11ClN2O/c1-3-9(4-2)14-11(15)10-7-8(12)5-6-13-10/h1,5-7,9H,4H2,2H3,(H,14,15). The lowest BCUT2D eigenvalue weighted by Gasteiger charge is -2.09. The van der Waals surface area contributed by atoms with E-state index in [9.17, 15) is 4.79 Å². The van der Waals surface area contributed by atoms with Gasteiger partial charge in [-0.1, -0.05) is 24.4 Å². The fourth-order valence-corrected chi connectivity index (χ4v) is 1.18. The molecule has 0 spiro atoms. The van der Waals surface area contributed by atoms with Crippen LogP contribution in [0.15, 0.2) is 18.3 Å². The number of hydrogen-bond acceptors (Lipinski definition) is 2. The van der Waals surface area contributed by atoms with E-state index in [1.54, 1.807) is 6.07 Å². The summed E-state index contributed by atoms with van der Waals surface area (Å²) in [6.07, 6.45) is 7.39. The molecule has 1 amide bonds. The molecule has 1 atom stereocenters. The Morgan fingerprint density at radius 1 is 1.80 bits per heavy atom. The molecule has 1 aromatic heterocycles. The second-order valence-electron chi connectivity index (χ2n) is 2.96. The summed E-state index contributed by atoms with van der Waals surface area (Å²) < 4.78 is 0. The van der Waals surface area contributed by atoms with Crippen LogP contribution in [0.2, 0.25) is 5.02 Å². The van der Waals surface area contributed by atoms with Gasteiger partial charge in [0, 0.05) is 11.2 Å². The van der Waals surface area contributed by atoms with Crippen molar-refractivity contribution < 1.29 is 4.79 Å². The van der Waals surface area contributed by atoms with Crippen molar-refractivity contribution in [3.63, 3.8) is 0 Å². The van der Waals surface area contributed by atoms with Crippen LogP contribution in [0.1, 0.15) is 23.8 Å². The molecule has 0 fully saturated rings. The third-order valence-corrected chi connectivity index (χ3v) is 2.10. The zero-order chi connectivity index (χ0) is 11.3. The Morgan fingerprint density at radius 3 is 3.07 bits per heavy atom. The number of halogens is 1. The van der Waals surface area contributed by atoms with Crippen LogP contribution >= 0.6 is 11.6 Å². The summed E-state index contributed by atoms with van der Waals surface area (Å²) >= 11 is 5.73. The topological polar surface area (TPSA) is 42.0 Å². The first-order valence-corrected chi connectivity index (χ1v) is 4.93. The SMILES string of the molecule is C#CC(CC)NC(=O)c1cc(Cl)ccn1. The Morgan fingerprint density at radius 2 is 2.53 bits per heavy atom. The normalized spacial score (nSPS) is 11.5. The third-order valence-electron chi connectivity index (χ3n) is 1.87. The van der Waals surface area contributed by atoms with Gasteiger partial charge >= 0.3 is 0 Å². The van der Waals surface area contributed by atoms with E-state index >= 15 is 0 Å². The predicted octanol–water partition coefficient (Wildman–Crippen LogP) is 1.88. The number of hydrogen-bond donors (Lipinski definition) is 1. The molecule has 0 saturated heterocycles. The average molecular weight is 223 g/mol. The second kappa shape index (κ2) is 5.38. The Hall–Kier alpha value is -1.53. The molecule has 0 radical (unpaired) electrons. The number of terminal acetylenes is 1. The molecule has 1 heterocycles. The van der Waals surface area contributed by atoms with E-state index in [2.05, 4.69) is 16.2 Å². The van der Waals surface area contributed by atoms with E-state index < -0.39 is 0 Å². The third kappa shape index (κ3) is 3.26. The van der Waals surface area contributed by atoms with Gasteiger partial charge in [-0.2, -0.15) is 0 Å². The zero-order valence-electron chi connectivity index (χ0n) is 8.33. The molecule has 0 aromatic carbocycles. The second-order valence-corrected chi connectivity index (χ2v) is 3.40. The fraction of sp³-hybridized carbons (Fsp3) is 0.273. The lowest BCUT2D eigenvalue weighted by atomic mass is 10.2. The van der Waals surface area contributed by atoms with Gasteiger partial charge < -0.3 is 5.32 Å². The van der Waals surface area contributed by atoms with Gasteiger partial charge in [0.05, 0.1) is 6.04 Å². The first kappa shape index (κ1) is 11.5. The quantitative estimate of drug-likeness (QED) is 0.794. The van der Waals surface area contributed by atoms with E-state index in [1.807, 2.05) is 6.92 Å². The van der Waals surface area contributed by atoms with E-state index in [1.165, 1.54) is 12.3 Å². The van der Waals surface area contributed by atoms with Crippen molar-refractivity contribution in [2.75, 3.05) is 0 Å². The van der Waals surface area contributed by atoms with Crippen LogP contribution in [0.4, 0.5) is 0 Å². The van der Waals surface area contributed by atoms with E-state index in [0.29, 0.717) is 11.4 Å². The molecule has 15 heavy (non-hydrogen) atoms. The summed E-state index contributed by atoms with van der Waals surface area (Å²) in [4.78, 5) is 15.5. The Labute approximate surface area is 93.9 Å². The summed E-state index contributed by atoms with van der Waals surface area (Å²) in [6.45, 7) is 1.90. The van der Waals surface area contributed by atoms with E-state index in [-0.39, 0.29) is 17.6 Å². The van der Waals surface area contributed by atoms with Crippen molar-refractivity contribution in [1.82, 2.24) is 10.3 Å². The van der Waals surface area contributed by atoms with Gasteiger partial charge in [0.2, 0.25) is 0 Å². The van der Waals surface area contributed by atoms with Crippen molar-refractivity contribution in [3.8, 4) is 12.3 Å². The highest BCUT2D eigenvalue weighted by molar-refractivity contribution is 6.30. The molecule has 0 aliphatic carbocycles. The molecule has 0 bridgehead atoms. The van der Waals surface area contributed by atoms with Crippen molar-refractivity contribution >= 4 is 17.5 Å². The zero-order valence-corrected chi connectivity index (χ0v) is 9.08. The number of nitrogens with zero attached hydrogens (tertiary/aromatic N) is 1. The average Bonchev–Trinajstić information content (AvgIpc) is 2.25. The molecule has 3 nitrogen and oxygen atoms in total. The van der Waals surface area contributed by atoms with Gasteiger partial charge in [-0.15, -0.1) is 6.42 Å². The lowest BCUT2D eigenvalue weighted by Crippen LogP contribution is -2.33. The highest BCUT2D eigenvalue weighted by Gasteiger charge is 2.10. The number of carbonyl (C=O) groups excluding carboxylic acids is 1. The Bertz CT molecular complexity index is 398. The molecule has 78 valence electrons.